The quantitative estimate of drug-likeness (QED) is 0.191. The predicted molar refractivity (Wildman–Crippen MR) is 137 cm³/mol. The minimum Gasteiger partial charge on any atom is -0.480 e. The van der Waals surface area contributed by atoms with E-state index < -0.39 is 33.9 Å². The van der Waals surface area contributed by atoms with E-state index in [4.69, 9.17) is 10.5 Å². The van der Waals surface area contributed by atoms with Crippen molar-refractivity contribution in [1.82, 2.24) is 10.6 Å². The van der Waals surface area contributed by atoms with Gasteiger partial charge in [0.15, 0.2) is 0 Å². The fourth-order valence-corrected chi connectivity index (χ4v) is 4.00. The molecule has 1 aromatic carbocycles. The van der Waals surface area contributed by atoms with Crippen LogP contribution in [-0.4, -0.2) is 80.5 Å². The van der Waals surface area contributed by atoms with Gasteiger partial charge in [-0.05, 0) is 17.9 Å². The fourth-order valence-electron chi connectivity index (χ4n) is 3.21. The van der Waals surface area contributed by atoms with E-state index in [0.29, 0.717) is 12.3 Å². The smallest absolute Gasteiger partial charge is 0.326 e. The molecule has 0 heterocycles. The fraction of sp³-hybridized carbons (Fsp3) is 0.652. The Bertz CT molecular complexity index is 854. The topological polar surface area (TPSA) is 148 Å². The number of benzene rings is 1. The zero-order chi connectivity index (χ0) is 25.7. The molecule has 34 heavy (non-hydrogen) atoms. The number of carbonyl (C=O) groups is 2. The highest BCUT2D eigenvalue weighted by Crippen LogP contribution is 2.13. The highest BCUT2D eigenvalue weighted by Gasteiger charge is 2.28. The molecular formula is C23H39N3O6S2. The van der Waals surface area contributed by atoms with E-state index >= 15 is 0 Å². The normalized spacial score (nSPS) is 16.3. The summed E-state index contributed by atoms with van der Waals surface area (Å²) in [7, 11) is -3.38. The first kappa shape index (κ1) is 30.4. The van der Waals surface area contributed by atoms with Crippen LogP contribution >= 0.6 is 12.6 Å². The Kier molecular flexibility index (Phi) is 13.7. The molecular weight excluding hydrogens is 478 g/mol. The van der Waals surface area contributed by atoms with Crippen LogP contribution in [0, 0.1) is 5.92 Å². The number of sulfone groups is 1. The molecule has 0 aliphatic carbocycles. The van der Waals surface area contributed by atoms with E-state index in [1.165, 1.54) is 0 Å². The Morgan fingerprint density at radius 1 is 1.24 bits per heavy atom. The molecule has 0 saturated heterocycles. The number of aliphatic carboxylic acids is 1. The lowest BCUT2D eigenvalue weighted by molar-refractivity contribution is -0.144. The number of carbonyl (C=O) groups excluding carboxylic acids is 1. The lowest BCUT2D eigenvalue weighted by atomic mass is 9.99. The van der Waals surface area contributed by atoms with Crippen molar-refractivity contribution >= 4 is 34.3 Å². The zero-order valence-corrected chi connectivity index (χ0v) is 21.9. The predicted octanol–water partition coefficient (Wildman–Crippen LogP) is 0.880. The SMILES string of the molecule is CC[C@H](C)C(COC(Cc1ccccc1)C(=O)N[C@H](CCS(C)(=O)=O)C(=O)O)NCC(N)CS. The van der Waals surface area contributed by atoms with Crippen LogP contribution in [0.15, 0.2) is 30.3 Å². The summed E-state index contributed by atoms with van der Waals surface area (Å²) in [4.78, 5) is 24.7. The van der Waals surface area contributed by atoms with Crippen molar-refractivity contribution in [2.75, 3.05) is 30.9 Å². The second-order valence-corrected chi connectivity index (χ2v) is 11.3. The molecule has 194 valence electrons. The first-order valence-corrected chi connectivity index (χ1v) is 14.1. The van der Waals surface area contributed by atoms with Gasteiger partial charge in [-0.2, -0.15) is 12.6 Å². The highest BCUT2D eigenvalue weighted by molar-refractivity contribution is 7.90. The number of ether oxygens (including phenoxy) is 1. The van der Waals surface area contributed by atoms with Gasteiger partial charge in [0.1, 0.15) is 22.0 Å². The van der Waals surface area contributed by atoms with E-state index in [1.807, 2.05) is 30.3 Å². The second kappa shape index (κ2) is 15.4. The van der Waals surface area contributed by atoms with Crippen molar-refractivity contribution in [2.24, 2.45) is 11.7 Å². The first-order chi connectivity index (χ1) is 16.0. The molecule has 0 aliphatic rings. The summed E-state index contributed by atoms with van der Waals surface area (Å²) in [5.41, 5.74) is 6.83. The van der Waals surface area contributed by atoms with Crippen molar-refractivity contribution in [2.45, 2.75) is 57.3 Å². The minimum atomic E-state index is -3.38. The molecule has 0 spiro atoms. The van der Waals surface area contributed by atoms with Crippen molar-refractivity contribution in [1.29, 1.82) is 0 Å². The van der Waals surface area contributed by atoms with E-state index in [2.05, 4.69) is 37.1 Å². The van der Waals surface area contributed by atoms with Gasteiger partial charge in [-0.1, -0.05) is 50.6 Å². The van der Waals surface area contributed by atoms with Crippen LogP contribution in [0.4, 0.5) is 0 Å². The van der Waals surface area contributed by atoms with Gasteiger partial charge in [0.05, 0.1) is 12.4 Å². The van der Waals surface area contributed by atoms with Crippen LogP contribution < -0.4 is 16.4 Å². The summed E-state index contributed by atoms with van der Waals surface area (Å²) in [6.07, 6.45) is 0.982. The summed E-state index contributed by atoms with van der Waals surface area (Å²) in [5.74, 6) is -1.46. The average molecular weight is 518 g/mol. The Morgan fingerprint density at radius 2 is 1.88 bits per heavy atom. The van der Waals surface area contributed by atoms with Gasteiger partial charge in [0, 0.05) is 37.1 Å². The van der Waals surface area contributed by atoms with Gasteiger partial charge in [0.2, 0.25) is 5.91 Å². The van der Waals surface area contributed by atoms with Crippen LogP contribution in [0.1, 0.15) is 32.3 Å². The summed E-state index contributed by atoms with van der Waals surface area (Å²) in [5, 5.41) is 15.3. The van der Waals surface area contributed by atoms with Gasteiger partial charge >= 0.3 is 5.97 Å². The Labute approximate surface area is 208 Å². The van der Waals surface area contributed by atoms with Crippen molar-refractivity contribution < 1.29 is 27.9 Å². The summed E-state index contributed by atoms with van der Waals surface area (Å²) < 4.78 is 29.0. The van der Waals surface area contributed by atoms with Gasteiger partial charge in [-0.15, -0.1) is 0 Å². The molecule has 5 atom stereocenters. The summed E-state index contributed by atoms with van der Waals surface area (Å²) in [6, 6.07) is 7.75. The van der Waals surface area contributed by atoms with Crippen LogP contribution in [-0.2, 0) is 30.6 Å². The molecule has 0 bridgehead atoms. The van der Waals surface area contributed by atoms with E-state index in [1.54, 1.807) is 0 Å². The lowest BCUT2D eigenvalue weighted by Crippen LogP contribution is -2.50. The van der Waals surface area contributed by atoms with Gasteiger partial charge in [0.25, 0.3) is 0 Å². The molecule has 0 radical (unpaired) electrons. The highest BCUT2D eigenvalue weighted by atomic mass is 32.2. The van der Waals surface area contributed by atoms with Crippen molar-refractivity contribution in [3.8, 4) is 0 Å². The van der Waals surface area contributed by atoms with Gasteiger partial charge < -0.3 is 26.2 Å². The maximum absolute atomic E-state index is 13.1. The van der Waals surface area contributed by atoms with Gasteiger partial charge in [-0.3, -0.25) is 4.79 Å². The molecule has 1 rings (SSSR count). The molecule has 0 aliphatic heterocycles. The van der Waals surface area contributed by atoms with E-state index in [0.717, 1.165) is 18.2 Å². The lowest BCUT2D eigenvalue weighted by Gasteiger charge is -2.28. The number of hydrogen-bond donors (Lipinski definition) is 5. The molecule has 11 heteroatoms. The number of thiol groups is 1. The molecule has 1 amide bonds. The Hall–Kier alpha value is -1.66. The third kappa shape index (κ3) is 12.2. The molecule has 0 aromatic heterocycles. The maximum atomic E-state index is 13.1. The molecule has 0 fully saturated rings. The van der Waals surface area contributed by atoms with Crippen molar-refractivity contribution in [3.63, 3.8) is 0 Å². The zero-order valence-electron chi connectivity index (χ0n) is 20.1. The molecule has 5 N–H and O–H groups in total. The maximum Gasteiger partial charge on any atom is 0.326 e. The van der Waals surface area contributed by atoms with Crippen LogP contribution in [0.5, 0.6) is 0 Å². The first-order valence-electron chi connectivity index (χ1n) is 11.4. The van der Waals surface area contributed by atoms with Crippen LogP contribution in [0.25, 0.3) is 0 Å². The molecule has 9 nitrogen and oxygen atoms in total. The minimum absolute atomic E-state index is 0.0671. The summed E-state index contributed by atoms with van der Waals surface area (Å²) >= 11 is 4.21. The van der Waals surface area contributed by atoms with E-state index in [9.17, 15) is 23.1 Å². The number of rotatable bonds is 17. The Balaban J connectivity index is 2.97. The molecule has 3 unspecified atom stereocenters. The third-order valence-corrected chi connectivity index (χ3v) is 7.08. The van der Waals surface area contributed by atoms with Crippen LogP contribution in [0.2, 0.25) is 0 Å². The average Bonchev–Trinajstić information content (AvgIpc) is 2.79. The van der Waals surface area contributed by atoms with Crippen LogP contribution in [0.3, 0.4) is 0 Å². The molecule has 0 saturated carbocycles. The number of nitrogens with one attached hydrogen (secondary N) is 2. The standard InChI is InChI=1S/C23H39N3O6S2/c1-4-16(2)20(25-13-18(24)15-33)14-32-21(12-17-8-6-5-7-9-17)22(27)26-19(23(28)29)10-11-34(3,30)31/h5-9,16,18-21,25,33H,4,10-15,24H2,1-3H3,(H,26,27)(H,28,29)/t16-,18?,19+,20?,21?/m0/s1. The second-order valence-electron chi connectivity index (χ2n) is 8.67. The number of amides is 1. The van der Waals surface area contributed by atoms with E-state index in [-0.39, 0.29) is 43.2 Å². The number of carboxylic acid groups (broad SMARTS) is 1. The Morgan fingerprint density at radius 3 is 2.41 bits per heavy atom. The largest absolute Gasteiger partial charge is 0.480 e. The van der Waals surface area contributed by atoms with Crippen molar-refractivity contribution in [3.05, 3.63) is 35.9 Å². The monoisotopic (exact) mass is 517 g/mol. The third-order valence-electron chi connectivity index (χ3n) is 5.63. The molecule has 1 aromatic rings. The summed E-state index contributed by atoms with van der Waals surface area (Å²) in [6.45, 7) is 4.90. The number of hydrogen-bond acceptors (Lipinski definition) is 8. The van der Waals surface area contributed by atoms with Gasteiger partial charge in [-0.25, -0.2) is 13.2 Å². The number of nitrogens with two attached hydrogens (primary N) is 1. The number of carboxylic acids is 1.